The molecule has 0 bridgehead atoms. The number of rotatable bonds is 14. The van der Waals surface area contributed by atoms with Crippen LogP contribution < -0.4 is 16.4 Å². The first-order valence-corrected chi connectivity index (χ1v) is 13.3. The lowest BCUT2D eigenvalue weighted by molar-refractivity contribution is -0.120. The van der Waals surface area contributed by atoms with Crippen molar-refractivity contribution in [2.45, 2.75) is 58.2 Å². The number of halogens is 2. The number of carbonyl (C=O) groups excluding carboxylic acids is 2. The Morgan fingerprint density at radius 3 is 2.36 bits per heavy atom. The Bertz CT molecular complexity index is 1230. The fourth-order valence-electron chi connectivity index (χ4n) is 4.31. The number of benzene rings is 3. The zero-order valence-corrected chi connectivity index (χ0v) is 22.5. The van der Waals surface area contributed by atoms with Crippen LogP contribution in [0.5, 0.6) is 0 Å². The van der Waals surface area contributed by atoms with Crippen molar-refractivity contribution >= 4 is 11.9 Å². The molecule has 6 nitrogen and oxygen atoms in total. The summed E-state index contributed by atoms with van der Waals surface area (Å²) in [6.07, 6.45) is 1.05. The Hall–Kier alpha value is -3.62. The summed E-state index contributed by atoms with van der Waals surface area (Å²) in [7, 11) is 0. The molecule has 0 saturated carbocycles. The lowest BCUT2D eigenvalue weighted by Gasteiger charge is -2.25. The van der Waals surface area contributed by atoms with Gasteiger partial charge in [-0.25, -0.2) is 13.6 Å². The average Bonchev–Trinajstić information content (AvgIpc) is 2.91. The highest BCUT2D eigenvalue weighted by molar-refractivity contribution is 5.93. The Morgan fingerprint density at radius 2 is 1.64 bits per heavy atom. The second kappa shape index (κ2) is 15.1. The lowest BCUT2D eigenvalue weighted by atomic mass is 10.0. The first kappa shape index (κ1) is 29.9. The number of ether oxygens (including phenoxy) is 1. The van der Waals surface area contributed by atoms with Gasteiger partial charge in [0.1, 0.15) is 17.7 Å². The van der Waals surface area contributed by atoms with Gasteiger partial charge in [-0.1, -0.05) is 56.3 Å². The van der Waals surface area contributed by atoms with E-state index in [2.05, 4.69) is 29.7 Å². The molecule has 39 heavy (non-hydrogen) atoms. The van der Waals surface area contributed by atoms with Crippen LogP contribution in [-0.2, 0) is 35.3 Å². The van der Waals surface area contributed by atoms with Crippen LogP contribution in [-0.4, -0.2) is 37.1 Å². The fourth-order valence-corrected chi connectivity index (χ4v) is 4.31. The van der Waals surface area contributed by atoms with Crippen molar-refractivity contribution in [3.63, 3.8) is 0 Å². The quantitative estimate of drug-likeness (QED) is 0.264. The molecule has 0 saturated heterocycles. The van der Waals surface area contributed by atoms with E-state index in [1.165, 1.54) is 17.7 Å². The van der Waals surface area contributed by atoms with E-state index in [-0.39, 0.29) is 30.9 Å². The van der Waals surface area contributed by atoms with Crippen LogP contribution in [0.1, 0.15) is 52.9 Å². The molecule has 0 aromatic heterocycles. The van der Waals surface area contributed by atoms with Crippen LogP contribution >= 0.6 is 0 Å². The van der Waals surface area contributed by atoms with Crippen molar-refractivity contribution in [1.29, 1.82) is 0 Å². The molecule has 0 spiro atoms. The monoisotopic (exact) mass is 537 g/mol. The molecule has 0 aliphatic rings. The van der Waals surface area contributed by atoms with Crippen molar-refractivity contribution in [3.8, 4) is 0 Å². The van der Waals surface area contributed by atoms with Gasteiger partial charge in [0.15, 0.2) is 0 Å². The third kappa shape index (κ3) is 9.57. The zero-order chi connectivity index (χ0) is 28.2. The van der Waals surface area contributed by atoms with Crippen LogP contribution in [0.15, 0.2) is 66.7 Å². The standard InChI is InChI=1S/C31H37F2N3O3/c1-3-12-36-30(37)17-24-10-5-6-11-27(24)31(38)39-29(20-35-19-22-9-7-8-21(4-2)13-22)28(34)16-23-14-25(32)18-26(33)15-23/h5-11,13-15,18,28-29,35H,3-4,12,16-17,19-20,34H2,1-2H3,(H,36,37)/t28-,29+/m0/s1. The van der Waals surface area contributed by atoms with Gasteiger partial charge in [0.2, 0.25) is 5.91 Å². The van der Waals surface area contributed by atoms with E-state index in [0.717, 1.165) is 24.5 Å². The van der Waals surface area contributed by atoms with Gasteiger partial charge in [0.05, 0.1) is 12.0 Å². The highest BCUT2D eigenvalue weighted by Crippen LogP contribution is 2.16. The van der Waals surface area contributed by atoms with Crippen LogP contribution in [0.3, 0.4) is 0 Å². The second-order valence-corrected chi connectivity index (χ2v) is 9.58. The maximum absolute atomic E-state index is 13.8. The summed E-state index contributed by atoms with van der Waals surface area (Å²) < 4.78 is 33.4. The van der Waals surface area contributed by atoms with E-state index < -0.39 is 29.7 Å². The summed E-state index contributed by atoms with van der Waals surface area (Å²) in [6, 6.07) is 17.4. The molecule has 0 aliphatic carbocycles. The normalized spacial score (nSPS) is 12.5. The molecule has 1 amide bonds. The molecule has 0 radical (unpaired) electrons. The Morgan fingerprint density at radius 1 is 0.923 bits per heavy atom. The van der Waals surface area contributed by atoms with Gasteiger partial charge in [-0.2, -0.15) is 0 Å². The predicted molar refractivity (Wildman–Crippen MR) is 148 cm³/mol. The minimum Gasteiger partial charge on any atom is -0.456 e. The summed E-state index contributed by atoms with van der Waals surface area (Å²) in [5.74, 6) is -2.20. The number of aryl methyl sites for hydroxylation is 1. The van der Waals surface area contributed by atoms with Gasteiger partial charge >= 0.3 is 5.97 Å². The molecule has 3 aromatic rings. The Kier molecular flexibility index (Phi) is 11.6. The molecule has 208 valence electrons. The van der Waals surface area contributed by atoms with Crippen LogP contribution in [0.25, 0.3) is 0 Å². The first-order chi connectivity index (χ1) is 18.8. The molecule has 0 unspecified atom stereocenters. The van der Waals surface area contributed by atoms with Crippen LogP contribution in [0, 0.1) is 11.6 Å². The smallest absolute Gasteiger partial charge is 0.338 e. The second-order valence-electron chi connectivity index (χ2n) is 9.58. The highest BCUT2D eigenvalue weighted by Gasteiger charge is 2.25. The van der Waals surface area contributed by atoms with Crippen molar-refractivity contribution in [1.82, 2.24) is 10.6 Å². The van der Waals surface area contributed by atoms with E-state index in [9.17, 15) is 18.4 Å². The predicted octanol–water partition coefficient (Wildman–Crippen LogP) is 4.48. The number of amides is 1. The molecule has 3 aromatic carbocycles. The molecule has 0 heterocycles. The first-order valence-electron chi connectivity index (χ1n) is 13.3. The molecule has 2 atom stereocenters. The lowest BCUT2D eigenvalue weighted by Crippen LogP contribution is -2.46. The van der Waals surface area contributed by atoms with E-state index in [0.29, 0.717) is 24.2 Å². The summed E-state index contributed by atoms with van der Waals surface area (Å²) in [6.45, 7) is 5.34. The van der Waals surface area contributed by atoms with Crippen LogP contribution in [0.4, 0.5) is 8.78 Å². The third-order valence-corrected chi connectivity index (χ3v) is 6.36. The number of nitrogens with one attached hydrogen (secondary N) is 2. The molecule has 3 rings (SSSR count). The highest BCUT2D eigenvalue weighted by atomic mass is 19.1. The van der Waals surface area contributed by atoms with Crippen molar-refractivity contribution in [2.75, 3.05) is 13.1 Å². The third-order valence-electron chi connectivity index (χ3n) is 6.36. The minimum atomic E-state index is -0.805. The van der Waals surface area contributed by atoms with E-state index >= 15 is 0 Å². The molecular weight excluding hydrogens is 500 g/mol. The van der Waals surface area contributed by atoms with E-state index in [4.69, 9.17) is 10.5 Å². The van der Waals surface area contributed by atoms with Crippen LogP contribution in [0.2, 0.25) is 0 Å². The van der Waals surface area contributed by atoms with Crippen molar-refractivity contribution in [2.24, 2.45) is 5.73 Å². The SMILES string of the molecule is CCCNC(=O)Cc1ccccc1C(=O)O[C@H](CNCc1cccc(CC)c1)[C@@H](N)Cc1cc(F)cc(F)c1. The number of esters is 1. The maximum Gasteiger partial charge on any atom is 0.338 e. The summed E-state index contributed by atoms with van der Waals surface area (Å²) >= 11 is 0. The molecule has 8 heteroatoms. The van der Waals surface area contributed by atoms with Gasteiger partial charge in [-0.3, -0.25) is 4.79 Å². The minimum absolute atomic E-state index is 0.0383. The number of carbonyl (C=O) groups is 2. The molecule has 4 N–H and O–H groups in total. The van der Waals surface area contributed by atoms with E-state index in [1.807, 2.05) is 19.1 Å². The van der Waals surface area contributed by atoms with Crippen molar-refractivity contribution in [3.05, 3.63) is 106 Å². The Labute approximate surface area is 228 Å². The number of hydrogen-bond donors (Lipinski definition) is 3. The topological polar surface area (TPSA) is 93.5 Å². The van der Waals surface area contributed by atoms with Crippen molar-refractivity contribution < 1.29 is 23.1 Å². The summed E-state index contributed by atoms with van der Waals surface area (Å²) in [5.41, 5.74) is 9.91. The molecule has 0 fully saturated rings. The van der Waals surface area contributed by atoms with Gasteiger partial charge in [-0.15, -0.1) is 0 Å². The van der Waals surface area contributed by atoms with E-state index in [1.54, 1.807) is 24.3 Å². The van der Waals surface area contributed by atoms with Gasteiger partial charge in [-0.05, 0) is 59.7 Å². The fraction of sp³-hybridized carbons (Fsp3) is 0.355. The van der Waals surface area contributed by atoms with Gasteiger partial charge in [0, 0.05) is 31.7 Å². The Balaban J connectivity index is 1.76. The maximum atomic E-state index is 13.8. The molecular formula is C31H37F2N3O3. The zero-order valence-electron chi connectivity index (χ0n) is 22.5. The number of hydrogen-bond acceptors (Lipinski definition) is 5. The summed E-state index contributed by atoms with van der Waals surface area (Å²) in [5, 5.41) is 6.11. The molecule has 0 aliphatic heterocycles. The summed E-state index contributed by atoms with van der Waals surface area (Å²) in [4.78, 5) is 25.6. The average molecular weight is 538 g/mol. The van der Waals surface area contributed by atoms with Gasteiger partial charge in [0.25, 0.3) is 0 Å². The van der Waals surface area contributed by atoms with Gasteiger partial charge < -0.3 is 21.1 Å². The largest absolute Gasteiger partial charge is 0.456 e. The number of nitrogens with two attached hydrogens (primary N) is 1.